The molecule has 0 aromatic heterocycles. The molecular formula is C9H14N2O3. The van der Waals surface area contributed by atoms with E-state index in [2.05, 4.69) is 22.5 Å². The van der Waals surface area contributed by atoms with Crippen LogP contribution in [0.15, 0.2) is 0 Å². The maximum atomic E-state index is 11.0. The van der Waals surface area contributed by atoms with Gasteiger partial charge in [-0.3, -0.25) is 0 Å². The Labute approximate surface area is 82.9 Å². The second-order valence-electron chi connectivity index (χ2n) is 2.55. The van der Waals surface area contributed by atoms with Crippen LogP contribution in [0.4, 0.5) is 4.79 Å². The molecule has 0 saturated heterocycles. The van der Waals surface area contributed by atoms with Crippen molar-refractivity contribution in [2.24, 2.45) is 0 Å². The van der Waals surface area contributed by atoms with Crippen molar-refractivity contribution in [3.05, 3.63) is 0 Å². The van der Waals surface area contributed by atoms with Gasteiger partial charge in [-0.25, -0.2) is 9.59 Å². The van der Waals surface area contributed by atoms with Crippen LogP contribution in [0.3, 0.4) is 0 Å². The molecule has 1 atom stereocenters. The van der Waals surface area contributed by atoms with Gasteiger partial charge in [-0.2, -0.15) is 0 Å². The van der Waals surface area contributed by atoms with Crippen LogP contribution in [-0.2, 0) is 4.79 Å². The van der Waals surface area contributed by atoms with Crippen molar-refractivity contribution < 1.29 is 14.7 Å². The quantitative estimate of drug-likeness (QED) is 0.563. The Hall–Kier alpha value is -1.70. The molecular weight excluding hydrogens is 184 g/mol. The molecule has 3 N–H and O–H groups in total. The number of hydrogen-bond donors (Lipinski definition) is 3. The average Bonchev–Trinajstić information content (AvgIpc) is 2.14. The topological polar surface area (TPSA) is 78.4 Å². The molecule has 5 nitrogen and oxygen atoms in total. The van der Waals surface area contributed by atoms with E-state index in [1.807, 2.05) is 0 Å². The third kappa shape index (κ3) is 5.04. The van der Waals surface area contributed by atoms with Crippen LogP contribution in [0.2, 0.25) is 0 Å². The lowest BCUT2D eigenvalue weighted by Crippen LogP contribution is -2.45. The highest BCUT2D eigenvalue weighted by atomic mass is 16.4. The lowest BCUT2D eigenvalue weighted by Gasteiger charge is -2.11. The minimum Gasteiger partial charge on any atom is -0.480 e. The Morgan fingerprint density at radius 1 is 1.50 bits per heavy atom. The highest BCUT2D eigenvalue weighted by Gasteiger charge is 2.16. The summed E-state index contributed by atoms with van der Waals surface area (Å²) in [7, 11) is 0. The second-order valence-corrected chi connectivity index (χ2v) is 2.55. The summed E-state index contributed by atoms with van der Waals surface area (Å²) >= 11 is 0. The van der Waals surface area contributed by atoms with E-state index >= 15 is 0 Å². The largest absolute Gasteiger partial charge is 0.480 e. The highest BCUT2D eigenvalue weighted by molar-refractivity contribution is 5.82. The summed E-state index contributed by atoms with van der Waals surface area (Å²) in [6, 6.07) is -1.36. The molecule has 0 heterocycles. The van der Waals surface area contributed by atoms with Crippen LogP contribution in [0, 0.1) is 11.8 Å². The molecule has 0 aliphatic rings. The van der Waals surface area contributed by atoms with Crippen LogP contribution >= 0.6 is 0 Å². The van der Waals surface area contributed by atoms with Crippen molar-refractivity contribution >= 4 is 12.0 Å². The van der Waals surface area contributed by atoms with Gasteiger partial charge in [0.15, 0.2) is 0 Å². The number of hydrogen-bond acceptors (Lipinski definition) is 2. The molecule has 0 spiro atoms. The molecule has 0 saturated carbocycles. The molecule has 0 radical (unpaired) electrons. The van der Waals surface area contributed by atoms with E-state index in [0.717, 1.165) is 0 Å². The fourth-order valence-corrected chi connectivity index (χ4v) is 0.761. The molecule has 78 valence electrons. The van der Waals surface area contributed by atoms with Crippen molar-refractivity contribution in [1.29, 1.82) is 0 Å². The standard InChI is InChI=1S/C9H14N2O3/c1-3-5-6-10-9(14)11-7(4-2)8(12)13/h7H,4,6H2,1-2H3,(H,12,13)(H2,10,11,14)/t7-/m1/s1. The minimum atomic E-state index is -1.04. The number of carbonyl (C=O) groups excluding carboxylic acids is 1. The fraction of sp³-hybridized carbons (Fsp3) is 0.556. The molecule has 0 aromatic rings. The SMILES string of the molecule is CC#CCNC(=O)N[C@H](CC)C(=O)O. The summed E-state index contributed by atoms with van der Waals surface area (Å²) in [5, 5.41) is 13.3. The highest BCUT2D eigenvalue weighted by Crippen LogP contribution is 1.89. The maximum absolute atomic E-state index is 11.0. The van der Waals surface area contributed by atoms with Gasteiger partial charge in [0.25, 0.3) is 0 Å². The first kappa shape index (κ1) is 12.3. The van der Waals surface area contributed by atoms with Gasteiger partial charge in [0.2, 0.25) is 0 Å². The number of carboxylic acids is 1. The lowest BCUT2D eigenvalue weighted by molar-refractivity contribution is -0.139. The van der Waals surface area contributed by atoms with Crippen molar-refractivity contribution in [3.8, 4) is 11.8 Å². The van der Waals surface area contributed by atoms with E-state index < -0.39 is 18.0 Å². The van der Waals surface area contributed by atoms with Crippen molar-refractivity contribution in [1.82, 2.24) is 10.6 Å². The van der Waals surface area contributed by atoms with Gasteiger partial charge in [0, 0.05) is 0 Å². The Morgan fingerprint density at radius 2 is 2.14 bits per heavy atom. The Kier molecular flexibility index (Phi) is 5.95. The summed E-state index contributed by atoms with van der Waals surface area (Å²) in [6.45, 7) is 3.56. The van der Waals surface area contributed by atoms with Gasteiger partial charge in [0.05, 0.1) is 6.54 Å². The summed E-state index contributed by atoms with van der Waals surface area (Å²) in [5.41, 5.74) is 0. The van der Waals surface area contributed by atoms with Crippen LogP contribution in [0.5, 0.6) is 0 Å². The van der Waals surface area contributed by atoms with Crippen LogP contribution in [-0.4, -0.2) is 29.7 Å². The summed E-state index contributed by atoms with van der Waals surface area (Å²) in [6.07, 6.45) is 0.349. The Morgan fingerprint density at radius 3 is 2.57 bits per heavy atom. The first-order valence-corrected chi connectivity index (χ1v) is 4.28. The smallest absolute Gasteiger partial charge is 0.326 e. The Balaban J connectivity index is 3.89. The zero-order valence-electron chi connectivity index (χ0n) is 8.26. The first-order valence-electron chi connectivity index (χ1n) is 4.28. The number of nitrogens with one attached hydrogen (secondary N) is 2. The number of aliphatic carboxylic acids is 1. The summed E-state index contributed by atoms with van der Waals surface area (Å²) < 4.78 is 0. The molecule has 0 aliphatic carbocycles. The van der Waals surface area contributed by atoms with Crippen molar-refractivity contribution in [2.45, 2.75) is 26.3 Å². The van der Waals surface area contributed by atoms with E-state index in [1.54, 1.807) is 13.8 Å². The molecule has 0 aromatic carbocycles. The normalized spacial score (nSPS) is 10.7. The van der Waals surface area contributed by atoms with E-state index in [-0.39, 0.29) is 6.54 Å². The summed E-state index contributed by atoms with van der Waals surface area (Å²) in [5.74, 6) is 4.20. The number of carboxylic acid groups (broad SMARTS) is 1. The van der Waals surface area contributed by atoms with E-state index in [4.69, 9.17) is 5.11 Å². The fourth-order valence-electron chi connectivity index (χ4n) is 0.761. The van der Waals surface area contributed by atoms with Gasteiger partial charge in [0.1, 0.15) is 6.04 Å². The van der Waals surface area contributed by atoms with Crippen LogP contribution in [0.1, 0.15) is 20.3 Å². The van der Waals surface area contributed by atoms with Crippen molar-refractivity contribution in [2.75, 3.05) is 6.54 Å². The molecule has 0 fully saturated rings. The molecule has 0 aliphatic heterocycles. The zero-order chi connectivity index (χ0) is 11.0. The van der Waals surface area contributed by atoms with Gasteiger partial charge >= 0.3 is 12.0 Å². The Bertz CT molecular complexity index is 265. The van der Waals surface area contributed by atoms with Crippen LogP contribution < -0.4 is 10.6 Å². The average molecular weight is 198 g/mol. The first-order chi connectivity index (χ1) is 6.61. The van der Waals surface area contributed by atoms with Gasteiger partial charge < -0.3 is 15.7 Å². The maximum Gasteiger partial charge on any atom is 0.326 e. The number of rotatable bonds is 4. The second kappa shape index (κ2) is 6.78. The van der Waals surface area contributed by atoms with Gasteiger partial charge in [-0.05, 0) is 13.3 Å². The van der Waals surface area contributed by atoms with Crippen LogP contribution in [0.25, 0.3) is 0 Å². The van der Waals surface area contributed by atoms with E-state index in [0.29, 0.717) is 6.42 Å². The molecule has 0 rings (SSSR count). The molecule has 2 amide bonds. The number of urea groups is 1. The predicted molar refractivity (Wildman–Crippen MR) is 51.7 cm³/mol. The van der Waals surface area contributed by atoms with E-state index in [9.17, 15) is 9.59 Å². The monoisotopic (exact) mass is 198 g/mol. The number of carbonyl (C=O) groups is 2. The molecule has 14 heavy (non-hydrogen) atoms. The van der Waals surface area contributed by atoms with Gasteiger partial charge in [-0.15, -0.1) is 5.92 Å². The lowest BCUT2D eigenvalue weighted by atomic mass is 10.2. The number of amides is 2. The van der Waals surface area contributed by atoms with E-state index in [1.165, 1.54) is 0 Å². The minimum absolute atomic E-state index is 0.221. The van der Waals surface area contributed by atoms with Crippen molar-refractivity contribution in [3.63, 3.8) is 0 Å². The molecule has 5 heteroatoms. The molecule has 0 bridgehead atoms. The predicted octanol–water partition coefficient (Wildman–Crippen LogP) is 0.172. The third-order valence-electron chi connectivity index (χ3n) is 1.53. The molecule has 0 unspecified atom stereocenters. The third-order valence-corrected chi connectivity index (χ3v) is 1.53. The summed E-state index contributed by atoms with van der Waals surface area (Å²) in [4.78, 5) is 21.6. The van der Waals surface area contributed by atoms with Gasteiger partial charge in [-0.1, -0.05) is 12.8 Å². The zero-order valence-corrected chi connectivity index (χ0v) is 8.26.